The molecule has 94 valence electrons. The minimum atomic E-state index is -0.359. The van der Waals surface area contributed by atoms with Crippen LogP contribution in [0, 0.1) is 0 Å². The van der Waals surface area contributed by atoms with Crippen molar-refractivity contribution in [2.24, 2.45) is 5.73 Å². The summed E-state index contributed by atoms with van der Waals surface area (Å²) in [6.07, 6.45) is 0. The standard InChI is InChI=1S/C12H18ClN3O/c1-3-16(8-11(14)17)12-9(7-15-2)5-4-6-10(12)13/h4-6,15H,3,7-8H2,1-2H3,(H2,14,17). The Labute approximate surface area is 107 Å². The van der Waals surface area contributed by atoms with Gasteiger partial charge in [0.2, 0.25) is 5.91 Å². The fourth-order valence-corrected chi connectivity index (χ4v) is 2.10. The van der Waals surface area contributed by atoms with Crippen molar-refractivity contribution in [3.63, 3.8) is 0 Å². The highest BCUT2D eigenvalue weighted by molar-refractivity contribution is 6.33. The molecular weight excluding hydrogens is 238 g/mol. The molecule has 0 atom stereocenters. The van der Waals surface area contributed by atoms with E-state index in [0.29, 0.717) is 18.1 Å². The number of para-hydroxylation sites is 1. The number of anilines is 1. The van der Waals surface area contributed by atoms with Gasteiger partial charge >= 0.3 is 0 Å². The van der Waals surface area contributed by atoms with E-state index < -0.39 is 0 Å². The average Bonchev–Trinajstić information content (AvgIpc) is 2.27. The Hall–Kier alpha value is -1.26. The number of nitrogens with one attached hydrogen (secondary N) is 1. The molecule has 0 bridgehead atoms. The zero-order valence-corrected chi connectivity index (χ0v) is 10.9. The highest BCUT2D eigenvalue weighted by atomic mass is 35.5. The summed E-state index contributed by atoms with van der Waals surface area (Å²) >= 11 is 6.20. The second-order valence-corrected chi connectivity index (χ2v) is 4.17. The number of halogens is 1. The van der Waals surface area contributed by atoms with E-state index in [1.165, 1.54) is 0 Å². The topological polar surface area (TPSA) is 58.4 Å². The van der Waals surface area contributed by atoms with Gasteiger partial charge in [-0.25, -0.2) is 0 Å². The molecule has 0 aromatic heterocycles. The van der Waals surface area contributed by atoms with Crippen LogP contribution in [0.4, 0.5) is 5.69 Å². The van der Waals surface area contributed by atoms with Crippen LogP contribution >= 0.6 is 11.6 Å². The number of likely N-dealkylation sites (N-methyl/N-ethyl adjacent to an activating group) is 1. The number of amides is 1. The molecule has 0 saturated carbocycles. The third-order valence-corrected chi connectivity index (χ3v) is 2.79. The molecule has 1 aromatic carbocycles. The van der Waals surface area contributed by atoms with Crippen molar-refractivity contribution in [3.05, 3.63) is 28.8 Å². The van der Waals surface area contributed by atoms with Crippen molar-refractivity contribution in [2.45, 2.75) is 13.5 Å². The summed E-state index contributed by atoms with van der Waals surface area (Å²) in [7, 11) is 1.87. The van der Waals surface area contributed by atoms with Gasteiger partial charge in [0.05, 0.1) is 17.3 Å². The van der Waals surface area contributed by atoms with E-state index in [4.69, 9.17) is 17.3 Å². The number of hydrogen-bond acceptors (Lipinski definition) is 3. The Morgan fingerprint density at radius 1 is 1.53 bits per heavy atom. The number of benzene rings is 1. The van der Waals surface area contributed by atoms with Crippen LogP contribution in [0.1, 0.15) is 12.5 Å². The average molecular weight is 256 g/mol. The lowest BCUT2D eigenvalue weighted by molar-refractivity contribution is -0.116. The zero-order valence-electron chi connectivity index (χ0n) is 10.2. The van der Waals surface area contributed by atoms with Crippen LogP contribution in [0.25, 0.3) is 0 Å². The Kier molecular flexibility index (Phi) is 5.25. The third kappa shape index (κ3) is 3.61. The van der Waals surface area contributed by atoms with Gasteiger partial charge < -0.3 is 16.0 Å². The molecule has 5 heteroatoms. The lowest BCUT2D eigenvalue weighted by atomic mass is 10.1. The fraction of sp³-hybridized carbons (Fsp3) is 0.417. The number of nitrogens with zero attached hydrogens (tertiary/aromatic N) is 1. The van der Waals surface area contributed by atoms with E-state index in [1.54, 1.807) is 0 Å². The van der Waals surface area contributed by atoms with Crippen LogP contribution in [0.3, 0.4) is 0 Å². The molecule has 1 amide bonds. The summed E-state index contributed by atoms with van der Waals surface area (Å²) in [5, 5.41) is 3.72. The van der Waals surface area contributed by atoms with Crippen LogP contribution in [0.15, 0.2) is 18.2 Å². The van der Waals surface area contributed by atoms with Crippen LogP contribution < -0.4 is 16.0 Å². The van der Waals surface area contributed by atoms with Gasteiger partial charge in [0.1, 0.15) is 0 Å². The molecule has 0 aliphatic rings. The zero-order chi connectivity index (χ0) is 12.8. The van der Waals surface area contributed by atoms with Crippen molar-refractivity contribution >= 4 is 23.2 Å². The Morgan fingerprint density at radius 3 is 2.76 bits per heavy atom. The molecule has 0 aliphatic heterocycles. The van der Waals surface area contributed by atoms with Crippen molar-refractivity contribution in [1.29, 1.82) is 0 Å². The maximum absolute atomic E-state index is 11.0. The van der Waals surface area contributed by atoms with Crippen molar-refractivity contribution < 1.29 is 4.79 Å². The molecule has 4 nitrogen and oxygen atoms in total. The van der Waals surface area contributed by atoms with E-state index in [9.17, 15) is 4.79 Å². The Balaban J connectivity index is 3.11. The van der Waals surface area contributed by atoms with Crippen molar-refractivity contribution in [2.75, 3.05) is 25.0 Å². The molecule has 1 rings (SSSR count). The third-order valence-electron chi connectivity index (χ3n) is 2.48. The summed E-state index contributed by atoms with van der Waals surface area (Å²) in [6.45, 7) is 3.53. The first-order valence-corrected chi connectivity index (χ1v) is 5.93. The minimum absolute atomic E-state index is 0.178. The second-order valence-electron chi connectivity index (χ2n) is 3.76. The van der Waals surface area contributed by atoms with Crippen LogP contribution in [0.5, 0.6) is 0 Å². The lowest BCUT2D eigenvalue weighted by Gasteiger charge is -2.25. The predicted octanol–water partition coefficient (Wildman–Crippen LogP) is 1.37. The van der Waals surface area contributed by atoms with E-state index in [0.717, 1.165) is 11.3 Å². The summed E-state index contributed by atoms with van der Waals surface area (Å²) in [6, 6.07) is 5.71. The minimum Gasteiger partial charge on any atom is -0.368 e. The van der Waals surface area contributed by atoms with E-state index in [2.05, 4.69) is 5.32 Å². The summed E-state index contributed by atoms with van der Waals surface area (Å²) in [5.74, 6) is -0.359. The van der Waals surface area contributed by atoms with Gasteiger partial charge in [-0.3, -0.25) is 4.79 Å². The van der Waals surface area contributed by atoms with E-state index in [-0.39, 0.29) is 12.5 Å². The molecule has 0 fully saturated rings. The summed E-state index contributed by atoms with van der Waals surface area (Å²) < 4.78 is 0. The van der Waals surface area contributed by atoms with E-state index >= 15 is 0 Å². The Bertz CT molecular complexity index is 395. The van der Waals surface area contributed by atoms with Crippen LogP contribution in [-0.2, 0) is 11.3 Å². The number of nitrogens with two attached hydrogens (primary N) is 1. The molecule has 1 aromatic rings. The van der Waals surface area contributed by atoms with Crippen LogP contribution in [-0.4, -0.2) is 26.0 Å². The molecule has 0 saturated heterocycles. The summed E-state index contributed by atoms with van der Waals surface area (Å²) in [4.78, 5) is 12.9. The molecule has 3 N–H and O–H groups in total. The molecule has 0 unspecified atom stereocenters. The number of primary amides is 1. The molecule has 0 radical (unpaired) electrons. The maximum atomic E-state index is 11.0. The first-order valence-electron chi connectivity index (χ1n) is 5.55. The normalized spacial score (nSPS) is 10.3. The number of rotatable bonds is 6. The Morgan fingerprint density at radius 2 is 2.24 bits per heavy atom. The van der Waals surface area contributed by atoms with Crippen molar-refractivity contribution in [1.82, 2.24) is 5.32 Å². The van der Waals surface area contributed by atoms with Gasteiger partial charge in [-0.05, 0) is 25.6 Å². The van der Waals surface area contributed by atoms with Gasteiger partial charge in [-0.2, -0.15) is 0 Å². The van der Waals surface area contributed by atoms with Crippen molar-refractivity contribution in [3.8, 4) is 0 Å². The first kappa shape index (κ1) is 13.8. The monoisotopic (exact) mass is 255 g/mol. The SMILES string of the molecule is CCN(CC(N)=O)c1c(Cl)cccc1CNC. The molecule has 0 aliphatic carbocycles. The van der Waals surface area contributed by atoms with Crippen LogP contribution in [0.2, 0.25) is 5.02 Å². The maximum Gasteiger partial charge on any atom is 0.236 e. The number of hydrogen-bond donors (Lipinski definition) is 2. The quantitative estimate of drug-likeness (QED) is 0.807. The molecule has 17 heavy (non-hydrogen) atoms. The van der Waals surface area contributed by atoms with Gasteiger partial charge in [0.15, 0.2) is 0 Å². The molecular formula is C12H18ClN3O. The van der Waals surface area contributed by atoms with Gasteiger partial charge in [0.25, 0.3) is 0 Å². The molecule has 0 heterocycles. The number of carbonyl (C=O) groups excluding carboxylic acids is 1. The highest BCUT2D eigenvalue weighted by Crippen LogP contribution is 2.29. The lowest BCUT2D eigenvalue weighted by Crippen LogP contribution is -2.34. The fourth-order valence-electron chi connectivity index (χ4n) is 1.78. The first-order chi connectivity index (χ1) is 8.10. The predicted molar refractivity (Wildman–Crippen MR) is 71.3 cm³/mol. The molecule has 0 spiro atoms. The van der Waals surface area contributed by atoms with Gasteiger partial charge in [-0.1, -0.05) is 23.7 Å². The van der Waals surface area contributed by atoms with E-state index in [1.807, 2.05) is 37.1 Å². The summed E-state index contributed by atoms with van der Waals surface area (Å²) in [5.41, 5.74) is 7.18. The highest BCUT2D eigenvalue weighted by Gasteiger charge is 2.14. The van der Waals surface area contributed by atoms with Gasteiger partial charge in [0, 0.05) is 13.1 Å². The van der Waals surface area contributed by atoms with Gasteiger partial charge in [-0.15, -0.1) is 0 Å². The largest absolute Gasteiger partial charge is 0.368 e. The second kappa shape index (κ2) is 6.47. The number of carbonyl (C=O) groups is 1. The smallest absolute Gasteiger partial charge is 0.236 e.